The summed E-state index contributed by atoms with van der Waals surface area (Å²) in [6.45, 7) is 2.50. The summed E-state index contributed by atoms with van der Waals surface area (Å²) in [5.41, 5.74) is 5.47. The Bertz CT molecular complexity index is 647. The van der Waals surface area contributed by atoms with Crippen molar-refractivity contribution in [3.05, 3.63) is 48.1 Å². The summed E-state index contributed by atoms with van der Waals surface area (Å²) in [6, 6.07) is 12.7. The zero-order valence-corrected chi connectivity index (χ0v) is 12.1. The monoisotopic (exact) mass is 263 g/mol. The molecule has 0 radical (unpaired) electrons. The Kier molecular flexibility index (Phi) is 3.22. The molecule has 1 aromatic carbocycles. The third kappa shape index (κ3) is 2.41. The van der Waals surface area contributed by atoms with Crippen LogP contribution in [0.5, 0.6) is 0 Å². The van der Waals surface area contributed by atoms with Crippen LogP contribution < -0.4 is 10.1 Å². The predicted octanol–water partition coefficient (Wildman–Crippen LogP) is 3.41. The molecule has 0 atom stereocenters. The third-order valence-corrected chi connectivity index (χ3v) is 3.53. The van der Waals surface area contributed by atoms with E-state index < -0.39 is 0 Å². The van der Waals surface area contributed by atoms with Gasteiger partial charge >= 0.3 is 0 Å². The van der Waals surface area contributed by atoms with Crippen molar-refractivity contribution < 1.29 is 0 Å². The number of pyridine rings is 1. The summed E-state index contributed by atoms with van der Waals surface area (Å²) in [4.78, 5) is 6.82. The van der Waals surface area contributed by atoms with E-state index in [4.69, 9.17) is 4.98 Å². The molecule has 0 unspecified atom stereocenters. The number of nitrogens with zero attached hydrogens (tertiary/aromatic N) is 2. The minimum absolute atomic E-state index is 0.370. The number of anilines is 2. The van der Waals surface area contributed by atoms with E-state index in [-0.39, 0.29) is 0 Å². The molecule has 0 bridgehead atoms. The van der Waals surface area contributed by atoms with E-state index in [1.54, 1.807) is 0 Å². The fraction of sp³-hybridized carbons (Fsp3) is 0.188. The van der Waals surface area contributed by atoms with Gasteiger partial charge in [-0.1, -0.05) is 24.9 Å². The molecule has 1 aromatic heterocycles. The maximum Gasteiger partial charge on any atom is 0.275 e. The van der Waals surface area contributed by atoms with Crippen LogP contribution in [0.25, 0.3) is 17.3 Å². The van der Waals surface area contributed by atoms with Gasteiger partial charge in [0.05, 0.1) is 11.4 Å². The number of fused-ring (bicyclic) bond motifs is 1. The number of hydrogen-bond donors (Lipinski definition) is 1. The van der Waals surface area contributed by atoms with Gasteiger partial charge in [0.1, 0.15) is 0 Å². The molecule has 0 spiro atoms. The van der Waals surface area contributed by atoms with Crippen molar-refractivity contribution in [2.75, 3.05) is 24.2 Å². The van der Waals surface area contributed by atoms with Gasteiger partial charge in [0.2, 0.25) is 0 Å². The SMILES string of the molecule is CB1C=Cc2nc(-c3ccc(N(C)C)cc3)ccc2N1. The minimum atomic E-state index is 0.370. The number of hydrogen-bond acceptors (Lipinski definition) is 3. The molecule has 0 aliphatic carbocycles. The topological polar surface area (TPSA) is 28.2 Å². The van der Waals surface area contributed by atoms with Gasteiger partial charge in [0.25, 0.3) is 6.85 Å². The van der Waals surface area contributed by atoms with Gasteiger partial charge in [-0.25, -0.2) is 4.98 Å². The van der Waals surface area contributed by atoms with Crippen LogP contribution in [0.3, 0.4) is 0 Å². The molecule has 0 amide bonds. The highest BCUT2D eigenvalue weighted by molar-refractivity contribution is 6.67. The van der Waals surface area contributed by atoms with Crippen LogP contribution in [-0.2, 0) is 0 Å². The molecular formula is C16H18BN3. The fourth-order valence-electron chi connectivity index (χ4n) is 2.34. The first-order valence-electron chi connectivity index (χ1n) is 6.87. The molecule has 1 aliphatic rings. The predicted molar refractivity (Wildman–Crippen MR) is 88.3 cm³/mol. The largest absolute Gasteiger partial charge is 0.423 e. The van der Waals surface area contributed by atoms with Crippen molar-refractivity contribution in [1.29, 1.82) is 0 Å². The highest BCUT2D eigenvalue weighted by atomic mass is 15.1. The lowest BCUT2D eigenvalue weighted by atomic mass is 9.63. The Morgan fingerprint density at radius 1 is 1.05 bits per heavy atom. The maximum atomic E-state index is 4.73. The van der Waals surface area contributed by atoms with E-state index in [9.17, 15) is 0 Å². The van der Waals surface area contributed by atoms with Crippen molar-refractivity contribution in [2.24, 2.45) is 0 Å². The zero-order chi connectivity index (χ0) is 14.1. The Balaban J connectivity index is 1.94. The fourth-order valence-corrected chi connectivity index (χ4v) is 2.34. The molecule has 1 N–H and O–H groups in total. The van der Waals surface area contributed by atoms with Crippen LogP contribution in [0.4, 0.5) is 11.4 Å². The van der Waals surface area contributed by atoms with Crippen molar-refractivity contribution in [1.82, 2.24) is 4.98 Å². The van der Waals surface area contributed by atoms with E-state index in [1.165, 1.54) is 5.69 Å². The Labute approximate surface area is 120 Å². The van der Waals surface area contributed by atoms with Gasteiger partial charge in [0, 0.05) is 31.0 Å². The van der Waals surface area contributed by atoms with Crippen LogP contribution in [-0.4, -0.2) is 25.9 Å². The molecule has 0 fully saturated rings. The van der Waals surface area contributed by atoms with Gasteiger partial charge in [-0.05, 0) is 30.3 Å². The molecule has 2 aromatic rings. The summed E-state index contributed by atoms with van der Waals surface area (Å²) in [5, 5.41) is 3.41. The summed E-state index contributed by atoms with van der Waals surface area (Å²) < 4.78 is 0. The molecule has 2 heterocycles. The van der Waals surface area contributed by atoms with E-state index >= 15 is 0 Å². The van der Waals surface area contributed by atoms with Crippen molar-refractivity contribution >= 4 is 24.3 Å². The average Bonchev–Trinajstić information content (AvgIpc) is 2.47. The van der Waals surface area contributed by atoms with Gasteiger partial charge in [-0.3, -0.25) is 0 Å². The zero-order valence-electron chi connectivity index (χ0n) is 12.1. The molecule has 1 aliphatic heterocycles. The third-order valence-electron chi connectivity index (χ3n) is 3.53. The first-order valence-corrected chi connectivity index (χ1v) is 6.87. The van der Waals surface area contributed by atoms with Crippen LogP contribution in [0.2, 0.25) is 6.82 Å². The van der Waals surface area contributed by atoms with Crippen molar-refractivity contribution in [3.63, 3.8) is 0 Å². The number of aromatic nitrogens is 1. The van der Waals surface area contributed by atoms with Crippen LogP contribution in [0.1, 0.15) is 5.69 Å². The van der Waals surface area contributed by atoms with Gasteiger partial charge in [-0.2, -0.15) is 0 Å². The van der Waals surface area contributed by atoms with E-state index in [1.807, 2.05) is 14.1 Å². The molecule has 0 saturated carbocycles. The quantitative estimate of drug-likeness (QED) is 0.841. The second kappa shape index (κ2) is 5.04. The Morgan fingerprint density at radius 3 is 2.50 bits per heavy atom. The first-order chi connectivity index (χ1) is 9.63. The number of nitrogens with one attached hydrogen (secondary N) is 1. The number of rotatable bonds is 2. The average molecular weight is 263 g/mol. The molecule has 4 heteroatoms. The van der Waals surface area contributed by atoms with E-state index in [2.05, 4.69) is 65.4 Å². The van der Waals surface area contributed by atoms with E-state index in [0.29, 0.717) is 6.85 Å². The highest BCUT2D eigenvalue weighted by Gasteiger charge is 2.13. The van der Waals surface area contributed by atoms with Gasteiger partial charge in [0.15, 0.2) is 0 Å². The summed E-state index contributed by atoms with van der Waals surface area (Å²) in [5.74, 6) is 2.13. The lowest BCUT2D eigenvalue weighted by molar-refractivity contribution is 1.13. The van der Waals surface area contributed by atoms with Gasteiger partial charge in [-0.15, -0.1) is 0 Å². The molecule has 100 valence electrons. The standard InChI is InChI=1S/C16H18BN3/c1-17-11-10-15-16(19-17)9-8-14(18-15)12-4-6-13(7-5-12)20(2)3/h4-11,19H,1-3H3. The molecule has 3 nitrogen and oxygen atoms in total. The molecule has 3 rings (SSSR count). The van der Waals surface area contributed by atoms with Crippen molar-refractivity contribution in [2.45, 2.75) is 6.82 Å². The Morgan fingerprint density at radius 2 is 1.80 bits per heavy atom. The second-order valence-corrected chi connectivity index (χ2v) is 5.36. The lowest BCUT2D eigenvalue weighted by Crippen LogP contribution is -2.21. The molecule has 0 saturated heterocycles. The van der Waals surface area contributed by atoms with Gasteiger partial charge < -0.3 is 10.1 Å². The first kappa shape index (κ1) is 12.8. The van der Waals surface area contributed by atoms with Crippen LogP contribution in [0.15, 0.2) is 42.4 Å². The van der Waals surface area contributed by atoms with E-state index in [0.717, 1.165) is 22.6 Å². The Hall–Kier alpha value is -2.23. The van der Waals surface area contributed by atoms with Crippen molar-refractivity contribution in [3.8, 4) is 11.3 Å². The van der Waals surface area contributed by atoms with Crippen LogP contribution in [0, 0.1) is 0 Å². The highest BCUT2D eigenvalue weighted by Crippen LogP contribution is 2.26. The normalized spacial score (nSPS) is 12.8. The molecular weight excluding hydrogens is 245 g/mol. The summed E-state index contributed by atoms with van der Waals surface area (Å²) in [7, 11) is 4.09. The van der Waals surface area contributed by atoms with Crippen LogP contribution >= 0.6 is 0 Å². The lowest BCUT2D eigenvalue weighted by Gasteiger charge is -2.17. The smallest absolute Gasteiger partial charge is 0.275 e. The number of benzene rings is 1. The second-order valence-electron chi connectivity index (χ2n) is 5.36. The maximum absolute atomic E-state index is 4.73. The molecule has 20 heavy (non-hydrogen) atoms. The summed E-state index contributed by atoms with van der Waals surface area (Å²) >= 11 is 0. The minimum Gasteiger partial charge on any atom is -0.423 e. The summed E-state index contributed by atoms with van der Waals surface area (Å²) in [6.07, 6.45) is 2.09.